The molecule has 0 bridgehead atoms. The molecule has 3 aromatic heterocycles. The van der Waals surface area contributed by atoms with E-state index >= 15 is 0 Å². The normalized spacial score (nSPS) is 15.5. The highest BCUT2D eigenvalue weighted by molar-refractivity contribution is 7.17. The number of fused-ring (bicyclic) bond motifs is 1. The van der Waals surface area contributed by atoms with Gasteiger partial charge in [0.05, 0.1) is 22.6 Å². The van der Waals surface area contributed by atoms with Crippen molar-refractivity contribution in [1.82, 2.24) is 25.1 Å². The molecule has 0 radical (unpaired) electrons. The van der Waals surface area contributed by atoms with E-state index < -0.39 is 0 Å². The van der Waals surface area contributed by atoms with Crippen molar-refractivity contribution in [2.75, 3.05) is 25.0 Å². The summed E-state index contributed by atoms with van der Waals surface area (Å²) in [6.07, 6.45) is 8.02. The van der Waals surface area contributed by atoms with Crippen LogP contribution in [0.15, 0.2) is 48.2 Å². The standard InChI is InChI=1S/C22H24N6OS/c1-2-28-9-7-18(8-10-28)29-17-5-3-16(4-6-17)26-22-23-13-20-21(27-22)19(14-30-20)15-11-24-25-12-15/h3-6,11-14,18H,2,7-10H2,1H3,(H,24,25)(H,23,26,27). The van der Waals surface area contributed by atoms with Gasteiger partial charge in [0.1, 0.15) is 11.9 Å². The number of hydrogen-bond acceptors (Lipinski definition) is 7. The summed E-state index contributed by atoms with van der Waals surface area (Å²) in [7, 11) is 0. The highest BCUT2D eigenvalue weighted by Gasteiger charge is 2.19. The number of piperidine rings is 1. The fourth-order valence-corrected chi connectivity index (χ4v) is 4.65. The monoisotopic (exact) mass is 420 g/mol. The number of nitrogens with one attached hydrogen (secondary N) is 2. The lowest BCUT2D eigenvalue weighted by atomic mass is 10.1. The number of benzene rings is 1. The molecule has 4 heterocycles. The van der Waals surface area contributed by atoms with Crippen molar-refractivity contribution in [3.05, 3.63) is 48.2 Å². The van der Waals surface area contributed by atoms with Crippen molar-refractivity contribution in [2.45, 2.75) is 25.9 Å². The van der Waals surface area contributed by atoms with Crippen LogP contribution in [0, 0.1) is 0 Å². The molecule has 1 fully saturated rings. The van der Waals surface area contributed by atoms with Gasteiger partial charge in [-0.1, -0.05) is 6.92 Å². The molecule has 0 spiro atoms. The predicted molar refractivity (Wildman–Crippen MR) is 120 cm³/mol. The van der Waals surface area contributed by atoms with Crippen LogP contribution >= 0.6 is 11.3 Å². The lowest BCUT2D eigenvalue weighted by Crippen LogP contribution is -2.37. The van der Waals surface area contributed by atoms with Gasteiger partial charge in [0.25, 0.3) is 0 Å². The fraction of sp³-hybridized carbons (Fsp3) is 0.318. The average Bonchev–Trinajstić information content (AvgIpc) is 3.45. The van der Waals surface area contributed by atoms with E-state index in [2.05, 4.69) is 37.7 Å². The zero-order chi connectivity index (χ0) is 20.3. The molecular formula is C22H24N6OS. The first-order valence-electron chi connectivity index (χ1n) is 10.3. The molecule has 30 heavy (non-hydrogen) atoms. The zero-order valence-electron chi connectivity index (χ0n) is 16.8. The lowest BCUT2D eigenvalue weighted by Gasteiger charge is -2.31. The molecule has 7 nitrogen and oxygen atoms in total. The van der Waals surface area contributed by atoms with E-state index in [-0.39, 0.29) is 0 Å². The number of anilines is 2. The second kappa shape index (κ2) is 8.41. The molecule has 1 aliphatic heterocycles. The summed E-state index contributed by atoms with van der Waals surface area (Å²) < 4.78 is 7.22. The molecule has 4 aromatic rings. The maximum Gasteiger partial charge on any atom is 0.227 e. The van der Waals surface area contributed by atoms with Crippen molar-refractivity contribution in [1.29, 1.82) is 0 Å². The van der Waals surface area contributed by atoms with Crippen LogP contribution in [-0.4, -0.2) is 50.8 Å². The number of rotatable bonds is 6. The Balaban J connectivity index is 1.27. The van der Waals surface area contributed by atoms with E-state index in [9.17, 15) is 0 Å². The molecule has 5 rings (SSSR count). The van der Waals surface area contributed by atoms with Gasteiger partial charge >= 0.3 is 0 Å². The molecule has 0 atom stereocenters. The number of H-pyrrole nitrogens is 1. The van der Waals surface area contributed by atoms with Crippen molar-refractivity contribution in [2.24, 2.45) is 0 Å². The quantitative estimate of drug-likeness (QED) is 0.471. The number of nitrogens with zero attached hydrogens (tertiary/aromatic N) is 4. The van der Waals surface area contributed by atoms with Crippen LogP contribution in [0.25, 0.3) is 21.3 Å². The largest absolute Gasteiger partial charge is 0.490 e. The van der Waals surface area contributed by atoms with E-state index in [1.165, 1.54) is 0 Å². The first-order valence-corrected chi connectivity index (χ1v) is 11.2. The molecule has 1 saturated heterocycles. The minimum Gasteiger partial charge on any atom is -0.490 e. The molecule has 1 aromatic carbocycles. The van der Waals surface area contributed by atoms with Crippen LogP contribution in [0.2, 0.25) is 0 Å². The molecule has 1 aliphatic rings. The van der Waals surface area contributed by atoms with Crippen molar-refractivity contribution in [3.63, 3.8) is 0 Å². The van der Waals surface area contributed by atoms with Crippen molar-refractivity contribution < 1.29 is 4.74 Å². The average molecular weight is 421 g/mol. The molecule has 154 valence electrons. The molecular weight excluding hydrogens is 396 g/mol. The van der Waals surface area contributed by atoms with E-state index in [1.807, 2.05) is 42.9 Å². The number of ether oxygens (including phenoxy) is 1. The molecule has 2 N–H and O–H groups in total. The van der Waals surface area contributed by atoms with E-state index in [0.717, 1.165) is 65.3 Å². The Morgan fingerprint density at radius 1 is 1.20 bits per heavy atom. The number of aromatic amines is 1. The van der Waals surface area contributed by atoms with Gasteiger partial charge < -0.3 is 15.0 Å². The summed E-state index contributed by atoms with van der Waals surface area (Å²) in [4.78, 5) is 11.7. The number of thiophene rings is 1. The van der Waals surface area contributed by atoms with Crippen LogP contribution in [0.5, 0.6) is 5.75 Å². The minimum atomic E-state index is 0.303. The summed E-state index contributed by atoms with van der Waals surface area (Å²) in [5.41, 5.74) is 3.95. The number of likely N-dealkylation sites (tertiary alicyclic amines) is 1. The first-order chi connectivity index (χ1) is 14.8. The van der Waals surface area contributed by atoms with E-state index in [0.29, 0.717) is 12.1 Å². The first kappa shape index (κ1) is 19.0. The molecule has 0 amide bonds. The molecule has 0 unspecified atom stereocenters. The molecule has 0 aliphatic carbocycles. The van der Waals surface area contributed by atoms with Gasteiger partial charge in [-0.15, -0.1) is 11.3 Å². The summed E-state index contributed by atoms with van der Waals surface area (Å²) >= 11 is 1.63. The molecule has 8 heteroatoms. The van der Waals surface area contributed by atoms with E-state index in [4.69, 9.17) is 9.72 Å². The topological polar surface area (TPSA) is 79.0 Å². The third-order valence-corrected chi connectivity index (χ3v) is 6.42. The SMILES string of the molecule is CCN1CCC(Oc2ccc(Nc3ncc4scc(-c5cn[nH]c5)c4n3)cc2)CC1. The van der Waals surface area contributed by atoms with E-state index in [1.54, 1.807) is 11.3 Å². The third-order valence-electron chi connectivity index (χ3n) is 5.52. The lowest BCUT2D eigenvalue weighted by molar-refractivity contribution is 0.104. The van der Waals surface area contributed by atoms with Gasteiger partial charge in [0.2, 0.25) is 5.95 Å². The van der Waals surface area contributed by atoms with Crippen LogP contribution in [-0.2, 0) is 0 Å². The minimum absolute atomic E-state index is 0.303. The Hall–Kier alpha value is -2.97. The zero-order valence-corrected chi connectivity index (χ0v) is 17.7. The maximum atomic E-state index is 6.16. The Morgan fingerprint density at radius 2 is 2.03 bits per heavy atom. The summed E-state index contributed by atoms with van der Waals surface area (Å²) in [6, 6.07) is 8.03. The van der Waals surface area contributed by atoms with Gasteiger partial charge in [-0.3, -0.25) is 5.10 Å². The van der Waals surface area contributed by atoms with Crippen LogP contribution in [0.4, 0.5) is 11.6 Å². The van der Waals surface area contributed by atoms with Gasteiger partial charge in [-0.25, -0.2) is 9.97 Å². The Morgan fingerprint density at radius 3 is 2.77 bits per heavy atom. The van der Waals surface area contributed by atoms with Gasteiger partial charge in [-0.05, 0) is 43.7 Å². The van der Waals surface area contributed by atoms with Crippen LogP contribution in [0.1, 0.15) is 19.8 Å². The smallest absolute Gasteiger partial charge is 0.227 e. The second-order valence-corrected chi connectivity index (χ2v) is 8.35. The summed E-state index contributed by atoms with van der Waals surface area (Å²) in [5.74, 6) is 1.48. The highest BCUT2D eigenvalue weighted by atomic mass is 32.1. The van der Waals surface area contributed by atoms with Gasteiger partial charge in [0, 0.05) is 41.5 Å². The van der Waals surface area contributed by atoms with Crippen LogP contribution in [0.3, 0.4) is 0 Å². The predicted octanol–water partition coefficient (Wildman–Crippen LogP) is 4.69. The maximum absolute atomic E-state index is 6.16. The third kappa shape index (κ3) is 4.01. The van der Waals surface area contributed by atoms with Crippen molar-refractivity contribution >= 4 is 33.2 Å². The van der Waals surface area contributed by atoms with Gasteiger partial charge in [0.15, 0.2) is 0 Å². The highest BCUT2D eigenvalue weighted by Crippen LogP contribution is 2.32. The van der Waals surface area contributed by atoms with Crippen LogP contribution < -0.4 is 10.1 Å². The second-order valence-electron chi connectivity index (χ2n) is 7.44. The fourth-order valence-electron chi connectivity index (χ4n) is 3.77. The summed E-state index contributed by atoms with van der Waals surface area (Å²) in [6.45, 7) is 5.56. The van der Waals surface area contributed by atoms with Crippen molar-refractivity contribution in [3.8, 4) is 16.9 Å². The molecule has 0 saturated carbocycles. The Labute approximate surface area is 179 Å². The van der Waals surface area contributed by atoms with Gasteiger partial charge in [-0.2, -0.15) is 5.10 Å². The number of aromatic nitrogens is 4. The summed E-state index contributed by atoms with van der Waals surface area (Å²) in [5, 5.41) is 12.3. The Bertz CT molecular complexity index is 1100. The number of hydrogen-bond donors (Lipinski definition) is 2. The Kier molecular flexibility index (Phi) is 5.33.